The fraction of sp³-hybridized carbons (Fsp3) is 0.520. The Morgan fingerprint density at radius 3 is 2.70 bits per heavy atom. The van der Waals surface area contributed by atoms with Gasteiger partial charge in [-0.05, 0) is 19.4 Å². The van der Waals surface area contributed by atoms with Crippen molar-refractivity contribution in [1.29, 1.82) is 5.26 Å². The molecule has 2 fully saturated rings. The van der Waals surface area contributed by atoms with Crippen LogP contribution in [0, 0.1) is 29.6 Å². The highest BCUT2D eigenvalue weighted by Crippen LogP contribution is 2.28. The van der Waals surface area contributed by atoms with E-state index >= 15 is 0 Å². The average Bonchev–Trinajstić information content (AvgIpc) is 2.90. The lowest BCUT2D eigenvalue weighted by molar-refractivity contribution is 0.0338. The van der Waals surface area contributed by atoms with Crippen LogP contribution in [0.2, 0.25) is 0 Å². The highest BCUT2D eigenvalue weighted by Gasteiger charge is 2.38. The number of nitriles is 1. The molecule has 2 N–H and O–H groups in total. The van der Waals surface area contributed by atoms with Crippen LogP contribution in [0.3, 0.4) is 0 Å². The number of nitrogens with one attached hydrogen (secondary N) is 2. The van der Waals surface area contributed by atoms with Crippen molar-refractivity contribution in [3.63, 3.8) is 0 Å². The Kier molecular flexibility index (Phi) is 8.17. The van der Waals surface area contributed by atoms with Crippen molar-refractivity contribution in [1.82, 2.24) is 9.97 Å². The van der Waals surface area contributed by atoms with Gasteiger partial charge in [0.1, 0.15) is 11.6 Å². The molecule has 2 saturated heterocycles. The van der Waals surface area contributed by atoms with Gasteiger partial charge in [0.2, 0.25) is 5.95 Å². The van der Waals surface area contributed by atoms with Gasteiger partial charge in [0.05, 0.1) is 44.4 Å². The van der Waals surface area contributed by atoms with Gasteiger partial charge in [0.25, 0.3) is 0 Å². The number of aryl methyl sites for hydroxylation is 1. The topological polar surface area (TPSA) is 137 Å². The molecule has 0 aliphatic carbocycles. The fourth-order valence-corrected chi connectivity index (χ4v) is 4.24. The van der Waals surface area contributed by atoms with E-state index in [1.54, 1.807) is 18.3 Å². The predicted octanol–water partition coefficient (Wildman–Crippen LogP) is 2.43. The van der Waals surface area contributed by atoms with Crippen molar-refractivity contribution in [2.75, 3.05) is 51.3 Å². The number of aromatic nitrogens is 2. The van der Waals surface area contributed by atoms with E-state index in [0.717, 1.165) is 5.56 Å². The number of hydrogen-bond donors (Lipinski definition) is 2. The van der Waals surface area contributed by atoms with Crippen LogP contribution in [0.1, 0.15) is 36.2 Å². The zero-order valence-electron chi connectivity index (χ0n) is 21.8. The molecule has 0 radical (unpaired) electrons. The Bertz CT molecular complexity index is 1180. The first-order chi connectivity index (χ1) is 17.7. The largest absolute Gasteiger partial charge is 0.498 e. The number of benzene rings is 1. The van der Waals surface area contributed by atoms with Crippen molar-refractivity contribution < 1.29 is 28.3 Å². The second kappa shape index (κ2) is 11.3. The number of ether oxygens (including phenoxy) is 3. The molecular weight excluding hydrogens is 477 g/mol. The molecule has 0 spiro atoms. The summed E-state index contributed by atoms with van der Waals surface area (Å²) in [6.45, 7) is 7.90. The Morgan fingerprint density at radius 2 is 2.03 bits per heavy atom. The smallest absolute Gasteiger partial charge is 0.497 e. The highest BCUT2D eigenvalue weighted by atomic mass is 16.6. The summed E-state index contributed by atoms with van der Waals surface area (Å²) in [5.74, 6) is 0.569. The van der Waals surface area contributed by atoms with Gasteiger partial charge in [-0.25, -0.2) is 9.78 Å². The Labute approximate surface area is 217 Å². The Balaban J connectivity index is 1.62. The van der Waals surface area contributed by atoms with Crippen molar-refractivity contribution in [2.45, 2.75) is 33.2 Å². The molecule has 0 unspecified atom stereocenters. The number of nitrogens with zero attached hydrogens (tertiary/aromatic N) is 3. The molecule has 37 heavy (non-hydrogen) atoms. The maximum atomic E-state index is 12.8. The lowest BCUT2D eigenvalue weighted by Crippen LogP contribution is -2.49. The molecule has 1 aromatic heterocycles. The molecule has 196 valence electrons. The molecule has 2 atom stereocenters. The standard InChI is InChI=1S/C25H32BN5O6/c1-15-11-28-24(31-22(15)30-19-12-35-7-6-16(19)10-27)29-17-8-18(23(32)34-5)21(20(9-17)33-4)26-36-13-25(2,3)14-37-26/h8-9,11,16,19H,6-7,12-14H2,1-5H3,(H2,28,29,30,31)/t16-,19+/m0/s1. The number of carbonyl (C=O) groups excluding carboxylic acids is 1. The molecule has 0 saturated carbocycles. The number of esters is 1. The van der Waals surface area contributed by atoms with Gasteiger partial charge in [-0.3, -0.25) is 0 Å². The Hall–Kier alpha value is -3.40. The van der Waals surface area contributed by atoms with Crippen molar-refractivity contribution in [3.8, 4) is 11.8 Å². The van der Waals surface area contributed by atoms with Gasteiger partial charge in [-0.2, -0.15) is 10.2 Å². The number of rotatable bonds is 7. The molecule has 1 aromatic carbocycles. The maximum absolute atomic E-state index is 12.8. The van der Waals surface area contributed by atoms with Crippen LogP contribution < -0.4 is 20.8 Å². The molecule has 0 amide bonds. The lowest BCUT2D eigenvalue weighted by Gasteiger charge is -2.34. The number of hydrogen-bond acceptors (Lipinski definition) is 11. The molecule has 4 rings (SSSR count). The molecule has 3 heterocycles. The van der Waals surface area contributed by atoms with E-state index in [1.807, 2.05) is 20.8 Å². The predicted molar refractivity (Wildman–Crippen MR) is 137 cm³/mol. The summed E-state index contributed by atoms with van der Waals surface area (Å²) >= 11 is 0. The molecule has 0 bridgehead atoms. The van der Waals surface area contributed by atoms with Gasteiger partial charge in [-0.1, -0.05) is 13.8 Å². The third kappa shape index (κ3) is 6.13. The van der Waals surface area contributed by atoms with Gasteiger partial charge in [0, 0.05) is 54.2 Å². The first kappa shape index (κ1) is 26.7. The summed E-state index contributed by atoms with van der Waals surface area (Å²) in [6.07, 6.45) is 2.35. The number of anilines is 3. The second-order valence-electron chi connectivity index (χ2n) is 9.95. The first-order valence-electron chi connectivity index (χ1n) is 12.1. The highest BCUT2D eigenvalue weighted by molar-refractivity contribution is 6.64. The van der Waals surface area contributed by atoms with E-state index in [4.69, 9.17) is 23.5 Å². The zero-order chi connectivity index (χ0) is 26.6. The third-order valence-corrected chi connectivity index (χ3v) is 6.33. The minimum Gasteiger partial charge on any atom is -0.497 e. The lowest BCUT2D eigenvalue weighted by atomic mass is 9.72. The molecule has 2 aromatic rings. The monoisotopic (exact) mass is 509 g/mol. The van der Waals surface area contributed by atoms with E-state index in [9.17, 15) is 10.1 Å². The second-order valence-corrected chi connectivity index (χ2v) is 9.95. The minimum atomic E-state index is -0.775. The van der Waals surface area contributed by atoms with Crippen LogP contribution in [0.15, 0.2) is 18.3 Å². The van der Waals surface area contributed by atoms with Crippen LogP contribution in [0.5, 0.6) is 5.75 Å². The normalized spacial score (nSPS) is 21.0. The van der Waals surface area contributed by atoms with E-state index < -0.39 is 13.1 Å². The van der Waals surface area contributed by atoms with Crippen LogP contribution in [-0.4, -0.2) is 69.7 Å². The molecule has 2 aliphatic rings. The molecule has 11 nitrogen and oxygen atoms in total. The van der Waals surface area contributed by atoms with E-state index in [1.165, 1.54) is 14.2 Å². The number of methoxy groups -OCH3 is 2. The SMILES string of the molecule is COC(=O)c1cc(Nc2ncc(C)c(N[C@@H]3COCC[C@H]3C#N)n2)cc(OC)c1B1OCC(C)(C)CO1. The number of carbonyl (C=O) groups is 1. The molecule has 12 heteroatoms. The van der Waals surface area contributed by atoms with Crippen molar-refractivity contribution in [2.24, 2.45) is 11.3 Å². The summed E-state index contributed by atoms with van der Waals surface area (Å²) in [5, 5.41) is 16.0. The van der Waals surface area contributed by atoms with E-state index in [-0.39, 0.29) is 22.9 Å². The summed E-state index contributed by atoms with van der Waals surface area (Å²) in [7, 11) is 2.05. The fourth-order valence-electron chi connectivity index (χ4n) is 4.24. The molecule has 2 aliphatic heterocycles. The van der Waals surface area contributed by atoms with Gasteiger partial charge in [0.15, 0.2) is 0 Å². The third-order valence-electron chi connectivity index (χ3n) is 6.33. The van der Waals surface area contributed by atoms with Crippen LogP contribution in [0.25, 0.3) is 0 Å². The maximum Gasteiger partial charge on any atom is 0.498 e. The molecular formula is C25H32BN5O6. The van der Waals surface area contributed by atoms with Crippen LogP contribution in [0.4, 0.5) is 17.5 Å². The van der Waals surface area contributed by atoms with Gasteiger partial charge < -0.3 is 34.2 Å². The van der Waals surface area contributed by atoms with Gasteiger partial charge >= 0.3 is 13.1 Å². The van der Waals surface area contributed by atoms with E-state index in [2.05, 4.69) is 26.7 Å². The quantitative estimate of drug-likeness (QED) is 0.421. The van der Waals surface area contributed by atoms with Crippen molar-refractivity contribution >= 4 is 36.0 Å². The summed E-state index contributed by atoms with van der Waals surface area (Å²) in [4.78, 5) is 21.7. The van der Waals surface area contributed by atoms with E-state index in [0.29, 0.717) is 61.5 Å². The Morgan fingerprint density at radius 1 is 1.27 bits per heavy atom. The summed E-state index contributed by atoms with van der Waals surface area (Å²) in [6, 6.07) is 5.52. The first-order valence-corrected chi connectivity index (χ1v) is 12.1. The summed E-state index contributed by atoms with van der Waals surface area (Å²) in [5.41, 5.74) is 1.91. The van der Waals surface area contributed by atoms with Crippen LogP contribution in [-0.2, 0) is 18.8 Å². The van der Waals surface area contributed by atoms with Crippen LogP contribution >= 0.6 is 0 Å². The van der Waals surface area contributed by atoms with Gasteiger partial charge in [-0.15, -0.1) is 0 Å². The average molecular weight is 509 g/mol. The summed E-state index contributed by atoms with van der Waals surface area (Å²) < 4.78 is 28.1. The van der Waals surface area contributed by atoms with Crippen molar-refractivity contribution in [3.05, 3.63) is 29.5 Å². The zero-order valence-corrected chi connectivity index (χ0v) is 21.8. The minimum absolute atomic E-state index is 0.137.